The van der Waals surface area contributed by atoms with Crippen LogP contribution >= 0.6 is 15.9 Å². The molecule has 0 unspecified atom stereocenters. The molecule has 1 fully saturated rings. The fourth-order valence-corrected chi connectivity index (χ4v) is 2.78. The molecule has 0 heterocycles. The van der Waals surface area contributed by atoms with Crippen molar-refractivity contribution in [3.63, 3.8) is 0 Å². The van der Waals surface area contributed by atoms with Crippen molar-refractivity contribution in [3.8, 4) is 0 Å². The second kappa shape index (κ2) is 6.35. The number of benzene rings is 1. The number of carbonyl (C=O) groups is 1. The molecule has 1 aromatic carbocycles. The Morgan fingerprint density at radius 2 is 2.20 bits per heavy atom. The summed E-state index contributed by atoms with van der Waals surface area (Å²) in [6, 6.07) is 4.89. The van der Waals surface area contributed by atoms with Crippen LogP contribution in [0.4, 0.5) is 5.69 Å². The van der Waals surface area contributed by atoms with Crippen LogP contribution in [-0.2, 0) is 0 Å². The Labute approximate surface area is 126 Å². The minimum absolute atomic E-state index is 0.0350. The fraction of sp³-hybridized carbons (Fsp3) is 0.500. The summed E-state index contributed by atoms with van der Waals surface area (Å²) in [5, 5.41) is 11.5. The number of halogens is 1. The first kappa shape index (κ1) is 15.0. The van der Waals surface area contributed by atoms with Crippen LogP contribution in [0.5, 0.6) is 0 Å². The lowest BCUT2D eigenvalue weighted by Crippen LogP contribution is -2.45. The Morgan fingerprint density at radius 1 is 1.50 bits per heavy atom. The first-order valence-electron chi connectivity index (χ1n) is 6.66. The predicted molar refractivity (Wildman–Crippen MR) is 80.3 cm³/mol. The molecule has 0 radical (unpaired) electrons. The van der Waals surface area contributed by atoms with Crippen molar-refractivity contribution in [2.45, 2.75) is 32.2 Å². The third kappa shape index (κ3) is 3.00. The zero-order chi connectivity index (χ0) is 14.7. The van der Waals surface area contributed by atoms with E-state index >= 15 is 0 Å². The van der Waals surface area contributed by atoms with Crippen molar-refractivity contribution >= 4 is 27.5 Å². The number of nitro groups is 1. The average molecular weight is 341 g/mol. The monoisotopic (exact) mass is 340 g/mol. The summed E-state index contributed by atoms with van der Waals surface area (Å²) in [4.78, 5) is 24.8. The molecule has 0 N–H and O–H groups in total. The molecule has 1 aromatic rings. The molecular weight excluding hydrogens is 324 g/mol. The normalized spacial score (nSPS) is 14.7. The van der Waals surface area contributed by atoms with E-state index < -0.39 is 4.92 Å². The van der Waals surface area contributed by atoms with Gasteiger partial charge in [0.25, 0.3) is 11.6 Å². The summed E-state index contributed by atoms with van der Waals surface area (Å²) in [6.45, 7) is 2.33. The molecular formula is C14H17BrN2O3. The van der Waals surface area contributed by atoms with E-state index in [0.29, 0.717) is 23.7 Å². The molecule has 2 rings (SSSR count). The van der Waals surface area contributed by atoms with E-state index in [1.807, 2.05) is 4.90 Å². The quantitative estimate of drug-likeness (QED) is 0.469. The number of aryl methyl sites for hydroxylation is 1. The van der Waals surface area contributed by atoms with Crippen molar-refractivity contribution in [3.05, 3.63) is 39.4 Å². The lowest BCUT2D eigenvalue weighted by Gasteiger charge is -2.37. The number of rotatable bonds is 5. The molecule has 6 heteroatoms. The molecule has 1 aliphatic rings. The minimum Gasteiger partial charge on any atom is -0.335 e. The number of carbonyl (C=O) groups excluding carboxylic acids is 1. The lowest BCUT2D eigenvalue weighted by molar-refractivity contribution is -0.385. The van der Waals surface area contributed by atoms with E-state index in [2.05, 4.69) is 15.9 Å². The van der Waals surface area contributed by atoms with Gasteiger partial charge in [0.15, 0.2) is 0 Å². The molecule has 5 nitrogen and oxygen atoms in total. The number of nitro benzene ring substituents is 1. The first-order chi connectivity index (χ1) is 9.54. The molecule has 0 atom stereocenters. The predicted octanol–water partition coefficient (Wildman–Crippen LogP) is 3.29. The molecule has 108 valence electrons. The summed E-state index contributed by atoms with van der Waals surface area (Å²) in [5.41, 5.74) is 1.10. The van der Waals surface area contributed by atoms with Crippen molar-refractivity contribution in [2.75, 3.05) is 11.9 Å². The number of hydrogen-bond acceptors (Lipinski definition) is 3. The van der Waals surface area contributed by atoms with Gasteiger partial charge in [-0.2, -0.15) is 0 Å². The Morgan fingerprint density at radius 3 is 2.65 bits per heavy atom. The fourth-order valence-electron chi connectivity index (χ4n) is 2.40. The van der Waals surface area contributed by atoms with E-state index in [4.69, 9.17) is 0 Å². The van der Waals surface area contributed by atoms with Crippen molar-refractivity contribution in [2.24, 2.45) is 0 Å². The maximum absolute atomic E-state index is 12.5. The highest BCUT2D eigenvalue weighted by Crippen LogP contribution is 2.27. The van der Waals surface area contributed by atoms with Gasteiger partial charge in [0.05, 0.1) is 4.92 Å². The largest absolute Gasteiger partial charge is 0.335 e. The van der Waals surface area contributed by atoms with Crippen LogP contribution in [0.15, 0.2) is 18.2 Å². The van der Waals surface area contributed by atoms with Crippen LogP contribution < -0.4 is 0 Å². The molecule has 1 aliphatic carbocycles. The van der Waals surface area contributed by atoms with Crippen molar-refractivity contribution in [1.29, 1.82) is 0 Å². The third-order valence-electron chi connectivity index (χ3n) is 3.74. The zero-order valence-electron chi connectivity index (χ0n) is 11.3. The Balaban J connectivity index is 2.22. The van der Waals surface area contributed by atoms with E-state index in [9.17, 15) is 14.9 Å². The molecule has 1 saturated carbocycles. The van der Waals surface area contributed by atoms with Crippen LogP contribution in [0, 0.1) is 17.0 Å². The van der Waals surface area contributed by atoms with Crippen LogP contribution in [0.1, 0.15) is 35.2 Å². The van der Waals surface area contributed by atoms with Crippen LogP contribution in [-0.4, -0.2) is 33.6 Å². The van der Waals surface area contributed by atoms with Crippen molar-refractivity contribution in [1.82, 2.24) is 4.90 Å². The van der Waals surface area contributed by atoms with Gasteiger partial charge in [-0.25, -0.2) is 0 Å². The molecule has 0 aromatic heterocycles. The number of hydrogen-bond donors (Lipinski definition) is 0. The highest BCUT2D eigenvalue weighted by Gasteiger charge is 2.29. The van der Waals surface area contributed by atoms with Crippen LogP contribution in [0.25, 0.3) is 0 Å². The average Bonchev–Trinajstić information content (AvgIpc) is 2.34. The first-order valence-corrected chi connectivity index (χ1v) is 7.78. The third-order valence-corrected chi connectivity index (χ3v) is 4.10. The van der Waals surface area contributed by atoms with Gasteiger partial charge in [-0.1, -0.05) is 15.9 Å². The molecule has 20 heavy (non-hydrogen) atoms. The summed E-state index contributed by atoms with van der Waals surface area (Å²) in [5.74, 6) is -0.0350. The number of amides is 1. The van der Waals surface area contributed by atoms with Gasteiger partial charge in [-0.05, 0) is 38.3 Å². The summed E-state index contributed by atoms with van der Waals surface area (Å²) in [7, 11) is 0. The van der Waals surface area contributed by atoms with Gasteiger partial charge in [-0.3, -0.25) is 14.9 Å². The zero-order valence-corrected chi connectivity index (χ0v) is 12.9. The van der Waals surface area contributed by atoms with E-state index in [0.717, 1.165) is 24.6 Å². The number of nitrogens with zero attached hydrogens (tertiary/aromatic N) is 2. The minimum atomic E-state index is -0.425. The van der Waals surface area contributed by atoms with Crippen LogP contribution in [0.3, 0.4) is 0 Å². The summed E-state index contributed by atoms with van der Waals surface area (Å²) >= 11 is 3.37. The molecule has 0 saturated heterocycles. The van der Waals surface area contributed by atoms with Gasteiger partial charge in [-0.15, -0.1) is 0 Å². The van der Waals surface area contributed by atoms with Gasteiger partial charge in [0.2, 0.25) is 0 Å². The summed E-state index contributed by atoms with van der Waals surface area (Å²) < 4.78 is 0. The second-order valence-electron chi connectivity index (χ2n) is 5.03. The second-order valence-corrected chi connectivity index (χ2v) is 5.82. The molecule has 0 spiro atoms. The molecule has 1 amide bonds. The summed E-state index contributed by atoms with van der Waals surface area (Å²) in [6.07, 6.45) is 3.26. The van der Waals surface area contributed by atoms with Gasteiger partial charge >= 0.3 is 0 Å². The van der Waals surface area contributed by atoms with Crippen molar-refractivity contribution < 1.29 is 9.72 Å². The van der Waals surface area contributed by atoms with Gasteiger partial charge in [0.1, 0.15) is 0 Å². The Kier molecular flexibility index (Phi) is 4.75. The highest BCUT2D eigenvalue weighted by molar-refractivity contribution is 9.09. The standard InChI is InChI=1S/C14H17BrN2O3/c1-10-9-11(5-6-13(10)17(19)20)14(18)16(8-7-15)12-3-2-4-12/h5-6,9,12H,2-4,7-8H2,1H3. The lowest BCUT2D eigenvalue weighted by atomic mass is 9.91. The maximum atomic E-state index is 12.5. The molecule has 0 bridgehead atoms. The Bertz CT molecular complexity index is 529. The van der Waals surface area contributed by atoms with Gasteiger partial charge < -0.3 is 4.90 Å². The van der Waals surface area contributed by atoms with E-state index in [-0.39, 0.29) is 11.6 Å². The Hall–Kier alpha value is -1.43. The van der Waals surface area contributed by atoms with Crippen LogP contribution in [0.2, 0.25) is 0 Å². The number of alkyl halides is 1. The van der Waals surface area contributed by atoms with E-state index in [1.165, 1.54) is 6.07 Å². The highest BCUT2D eigenvalue weighted by atomic mass is 79.9. The van der Waals surface area contributed by atoms with Gasteiger partial charge in [0, 0.05) is 35.1 Å². The smallest absolute Gasteiger partial charge is 0.272 e. The topological polar surface area (TPSA) is 63.5 Å². The SMILES string of the molecule is Cc1cc(C(=O)N(CCBr)C2CCC2)ccc1[N+](=O)[O-]. The van der Waals surface area contributed by atoms with E-state index in [1.54, 1.807) is 19.1 Å². The molecule has 0 aliphatic heterocycles. The maximum Gasteiger partial charge on any atom is 0.272 e.